The molecule has 130 valence electrons. The van der Waals surface area contributed by atoms with Crippen molar-refractivity contribution in [2.24, 2.45) is 0 Å². The molecule has 6 nitrogen and oxygen atoms in total. The summed E-state index contributed by atoms with van der Waals surface area (Å²) in [7, 11) is 0. The third-order valence-corrected chi connectivity index (χ3v) is 4.88. The van der Waals surface area contributed by atoms with Crippen LogP contribution >= 0.6 is 15.9 Å². The SMILES string of the molecule is C[C@H]1CN(c2ccc([N+](=O)[O-])cc2)CCN1C(=O)c1cccc(Br)c1. The minimum absolute atomic E-state index is 0.0251. The van der Waals surface area contributed by atoms with Crippen molar-refractivity contribution < 1.29 is 9.72 Å². The molecule has 2 aromatic rings. The Balaban J connectivity index is 1.70. The molecule has 0 bridgehead atoms. The summed E-state index contributed by atoms with van der Waals surface area (Å²) in [6.45, 7) is 4.02. The molecule has 0 aliphatic carbocycles. The number of hydrogen-bond acceptors (Lipinski definition) is 4. The third-order valence-electron chi connectivity index (χ3n) is 4.39. The largest absolute Gasteiger partial charge is 0.368 e. The molecule has 1 amide bonds. The second-order valence-corrected chi connectivity index (χ2v) is 6.99. The summed E-state index contributed by atoms with van der Waals surface area (Å²) >= 11 is 3.40. The fourth-order valence-electron chi connectivity index (χ4n) is 3.07. The number of amides is 1. The van der Waals surface area contributed by atoms with Gasteiger partial charge in [-0.3, -0.25) is 14.9 Å². The van der Waals surface area contributed by atoms with E-state index in [2.05, 4.69) is 20.8 Å². The number of non-ortho nitro benzene ring substituents is 1. The maximum absolute atomic E-state index is 12.7. The maximum Gasteiger partial charge on any atom is 0.269 e. The Morgan fingerprint density at radius 1 is 1.20 bits per heavy atom. The van der Waals surface area contributed by atoms with Crippen LogP contribution in [0.4, 0.5) is 11.4 Å². The summed E-state index contributed by atoms with van der Waals surface area (Å²) in [6.07, 6.45) is 0. The van der Waals surface area contributed by atoms with Crippen molar-refractivity contribution in [3.8, 4) is 0 Å². The van der Waals surface area contributed by atoms with Crippen LogP contribution in [0.15, 0.2) is 53.0 Å². The van der Waals surface area contributed by atoms with Crippen molar-refractivity contribution in [2.45, 2.75) is 13.0 Å². The van der Waals surface area contributed by atoms with E-state index >= 15 is 0 Å². The predicted octanol–water partition coefficient (Wildman–Crippen LogP) is 3.71. The van der Waals surface area contributed by atoms with Gasteiger partial charge in [-0.2, -0.15) is 0 Å². The highest BCUT2D eigenvalue weighted by Gasteiger charge is 2.28. The number of nitro groups is 1. The smallest absolute Gasteiger partial charge is 0.269 e. The van der Waals surface area contributed by atoms with Gasteiger partial charge in [-0.1, -0.05) is 22.0 Å². The maximum atomic E-state index is 12.7. The average Bonchev–Trinajstić information content (AvgIpc) is 2.61. The summed E-state index contributed by atoms with van der Waals surface area (Å²) in [5.74, 6) is 0.0251. The van der Waals surface area contributed by atoms with E-state index in [0.717, 1.165) is 10.2 Å². The van der Waals surface area contributed by atoms with Crippen molar-refractivity contribution in [1.29, 1.82) is 0 Å². The first-order valence-corrected chi connectivity index (χ1v) is 8.81. The predicted molar refractivity (Wildman–Crippen MR) is 99.9 cm³/mol. The summed E-state index contributed by atoms with van der Waals surface area (Å²) in [5.41, 5.74) is 1.69. The highest BCUT2D eigenvalue weighted by molar-refractivity contribution is 9.10. The molecule has 0 spiro atoms. The lowest BCUT2D eigenvalue weighted by Gasteiger charge is -2.41. The molecule has 25 heavy (non-hydrogen) atoms. The number of nitro benzene ring substituents is 1. The first-order chi connectivity index (χ1) is 12.0. The number of anilines is 1. The molecule has 2 aromatic carbocycles. The minimum Gasteiger partial charge on any atom is -0.368 e. The van der Waals surface area contributed by atoms with Gasteiger partial charge < -0.3 is 9.80 Å². The monoisotopic (exact) mass is 403 g/mol. The Labute approximate surface area is 154 Å². The lowest BCUT2D eigenvalue weighted by molar-refractivity contribution is -0.384. The third kappa shape index (κ3) is 3.82. The van der Waals surface area contributed by atoms with Crippen molar-refractivity contribution >= 4 is 33.2 Å². The van der Waals surface area contributed by atoms with Crippen molar-refractivity contribution in [1.82, 2.24) is 4.90 Å². The summed E-state index contributed by atoms with van der Waals surface area (Å²) in [5, 5.41) is 10.8. The van der Waals surface area contributed by atoms with Gasteiger partial charge in [0.15, 0.2) is 0 Å². The number of halogens is 1. The molecule has 0 unspecified atom stereocenters. The van der Waals surface area contributed by atoms with Crippen LogP contribution in [0.3, 0.4) is 0 Å². The van der Waals surface area contributed by atoms with E-state index in [-0.39, 0.29) is 17.6 Å². The molecule has 3 rings (SSSR count). The Morgan fingerprint density at radius 2 is 1.92 bits per heavy atom. The molecule has 7 heteroatoms. The van der Waals surface area contributed by atoms with E-state index in [9.17, 15) is 14.9 Å². The van der Waals surface area contributed by atoms with Crippen LogP contribution < -0.4 is 4.90 Å². The Bertz CT molecular complexity index is 794. The summed E-state index contributed by atoms with van der Waals surface area (Å²) in [6, 6.07) is 14.0. The molecule has 1 heterocycles. The number of rotatable bonds is 3. The van der Waals surface area contributed by atoms with E-state index in [0.29, 0.717) is 25.2 Å². The van der Waals surface area contributed by atoms with Crippen LogP contribution in [0.5, 0.6) is 0 Å². The van der Waals surface area contributed by atoms with E-state index < -0.39 is 4.92 Å². The molecule has 1 saturated heterocycles. The Hall–Kier alpha value is -2.41. The Morgan fingerprint density at radius 3 is 2.52 bits per heavy atom. The number of carbonyl (C=O) groups is 1. The van der Waals surface area contributed by atoms with Gasteiger partial charge in [0.2, 0.25) is 0 Å². The quantitative estimate of drug-likeness (QED) is 0.578. The first-order valence-electron chi connectivity index (χ1n) is 8.01. The molecule has 1 aliphatic rings. The van der Waals surface area contributed by atoms with Crippen molar-refractivity contribution in [3.05, 3.63) is 68.7 Å². The molecular formula is C18H18BrN3O3. The number of nitrogens with zero attached hydrogens (tertiary/aromatic N) is 3. The van der Waals surface area contributed by atoms with Gasteiger partial charge in [0.25, 0.3) is 11.6 Å². The van der Waals surface area contributed by atoms with Crippen LogP contribution in [0.1, 0.15) is 17.3 Å². The molecule has 0 aromatic heterocycles. The molecule has 0 saturated carbocycles. The number of carbonyl (C=O) groups excluding carboxylic acids is 1. The molecule has 0 radical (unpaired) electrons. The van der Waals surface area contributed by atoms with Gasteiger partial charge in [-0.05, 0) is 37.3 Å². The van der Waals surface area contributed by atoms with Crippen molar-refractivity contribution in [3.63, 3.8) is 0 Å². The molecule has 0 N–H and O–H groups in total. The zero-order chi connectivity index (χ0) is 18.0. The first kappa shape index (κ1) is 17.4. The second-order valence-electron chi connectivity index (χ2n) is 6.08. The number of hydrogen-bond donors (Lipinski definition) is 0. The fourth-order valence-corrected chi connectivity index (χ4v) is 3.47. The second kappa shape index (κ2) is 7.23. The van der Waals surface area contributed by atoms with Gasteiger partial charge in [-0.15, -0.1) is 0 Å². The molecular weight excluding hydrogens is 386 g/mol. The van der Waals surface area contributed by atoms with Gasteiger partial charge in [0.05, 0.1) is 4.92 Å². The lowest BCUT2D eigenvalue weighted by atomic mass is 10.1. The fraction of sp³-hybridized carbons (Fsp3) is 0.278. The van der Waals surface area contributed by atoms with Gasteiger partial charge in [0.1, 0.15) is 0 Å². The van der Waals surface area contributed by atoms with Crippen LogP contribution in [-0.4, -0.2) is 41.4 Å². The molecule has 1 atom stereocenters. The van der Waals surface area contributed by atoms with Gasteiger partial charge in [-0.25, -0.2) is 0 Å². The topological polar surface area (TPSA) is 66.7 Å². The zero-order valence-corrected chi connectivity index (χ0v) is 15.3. The van der Waals surface area contributed by atoms with Crippen LogP contribution in [0.2, 0.25) is 0 Å². The highest BCUT2D eigenvalue weighted by Crippen LogP contribution is 2.23. The van der Waals surface area contributed by atoms with E-state index in [1.807, 2.05) is 36.1 Å². The standard InChI is InChI=1S/C18H18BrN3O3/c1-13-12-20(16-5-7-17(8-6-16)22(24)25)9-10-21(13)18(23)14-3-2-4-15(19)11-14/h2-8,11,13H,9-10,12H2,1H3/t13-/m0/s1. The van der Waals surface area contributed by atoms with E-state index in [4.69, 9.17) is 0 Å². The van der Waals surface area contributed by atoms with Crippen LogP contribution in [-0.2, 0) is 0 Å². The molecule has 1 aliphatic heterocycles. The summed E-state index contributed by atoms with van der Waals surface area (Å²) < 4.78 is 0.885. The lowest BCUT2D eigenvalue weighted by Crippen LogP contribution is -2.54. The average molecular weight is 404 g/mol. The number of benzene rings is 2. The van der Waals surface area contributed by atoms with E-state index in [1.165, 1.54) is 12.1 Å². The zero-order valence-electron chi connectivity index (χ0n) is 13.8. The number of piperazine rings is 1. The van der Waals surface area contributed by atoms with Crippen molar-refractivity contribution in [2.75, 3.05) is 24.5 Å². The van der Waals surface area contributed by atoms with Crippen LogP contribution in [0.25, 0.3) is 0 Å². The van der Waals surface area contributed by atoms with Crippen LogP contribution in [0, 0.1) is 10.1 Å². The Kier molecular flexibility index (Phi) is 5.03. The summed E-state index contributed by atoms with van der Waals surface area (Å²) in [4.78, 5) is 27.1. The highest BCUT2D eigenvalue weighted by atomic mass is 79.9. The molecule has 1 fully saturated rings. The van der Waals surface area contributed by atoms with E-state index in [1.54, 1.807) is 12.1 Å². The van der Waals surface area contributed by atoms with Gasteiger partial charge >= 0.3 is 0 Å². The van der Waals surface area contributed by atoms with Gasteiger partial charge in [0, 0.05) is 53.5 Å². The normalized spacial score (nSPS) is 17.4. The minimum atomic E-state index is -0.402.